The van der Waals surface area contributed by atoms with E-state index in [0.717, 1.165) is 72.2 Å². The summed E-state index contributed by atoms with van der Waals surface area (Å²) in [6.07, 6.45) is 0. The van der Waals surface area contributed by atoms with Crippen LogP contribution in [0.25, 0.3) is 111 Å². The van der Waals surface area contributed by atoms with Crippen LogP contribution in [-0.2, 0) is 5.41 Å². The number of hydrogen-bond donors (Lipinski definition) is 0. The SMILES string of the molecule is c1ccc(-c2nc(-c3ccccc3-c3ccccc3)cc(-c3ccc(-c4cc(-c5ccc6ccccc6c5)cc(-c5cccc6c5-c5ccccc5C6(c5ccccc5)c5ccccc5)c4)c4ccccc34)n2)cc1. The van der Waals surface area contributed by atoms with Crippen molar-refractivity contribution in [3.63, 3.8) is 0 Å². The van der Waals surface area contributed by atoms with Gasteiger partial charge >= 0.3 is 0 Å². The van der Waals surface area contributed by atoms with Crippen LogP contribution in [0.15, 0.2) is 291 Å². The minimum atomic E-state index is -0.514. The third-order valence-electron chi connectivity index (χ3n) is 15.4. The molecule has 0 amide bonds. The van der Waals surface area contributed by atoms with Crippen LogP contribution >= 0.6 is 0 Å². The average molecular weight is 953 g/mol. The Labute approximate surface area is 437 Å². The van der Waals surface area contributed by atoms with Gasteiger partial charge in [0, 0.05) is 16.7 Å². The van der Waals surface area contributed by atoms with Gasteiger partial charge in [0.2, 0.25) is 0 Å². The predicted octanol–water partition coefficient (Wildman–Crippen LogP) is 18.8. The van der Waals surface area contributed by atoms with Gasteiger partial charge in [-0.05, 0) is 130 Å². The van der Waals surface area contributed by atoms with Crippen molar-refractivity contribution in [2.24, 2.45) is 0 Å². The summed E-state index contributed by atoms with van der Waals surface area (Å²) in [5.74, 6) is 0.687. The molecule has 0 unspecified atom stereocenters. The first kappa shape index (κ1) is 44.0. The number of benzene rings is 12. The van der Waals surface area contributed by atoms with E-state index < -0.39 is 5.41 Å². The molecule has 0 aliphatic heterocycles. The molecule has 0 radical (unpaired) electrons. The van der Waals surface area contributed by atoms with Crippen LogP contribution in [0.1, 0.15) is 22.3 Å². The van der Waals surface area contributed by atoms with E-state index >= 15 is 0 Å². The van der Waals surface area contributed by atoms with Crippen LogP contribution in [0.2, 0.25) is 0 Å². The van der Waals surface area contributed by atoms with E-state index in [-0.39, 0.29) is 0 Å². The zero-order chi connectivity index (χ0) is 49.7. The summed E-state index contributed by atoms with van der Waals surface area (Å²) in [7, 11) is 0. The highest BCUT2D eigenvalue weighted by atomic mass is 14.9. The fourth-order valence-corrected chi connectivity index (χ4v) is 12.0. The van der Waals surface area contributed by atoms with Crippen molar-refractivity contribution < 1.29 is 0 Å². The van der Waals surface area contributed by atoms with Gasteiger partial charge in [-0.1, -0.05) is 261 Å². The lowest BCUT2D eigenvalue weighted by atomic mass is 9.67. The molecule has 0 saturated heterocycles. The molecule has 0 fully saturated rings. The molecule has 0 spiro atoms. The lowest BCUT2D eigenvalue weighted by molar-refractivity contribution is 0.768. The molecule has 12 aromatic carbocycles. The molecule has 1 aliphatic rings. The van der Waals surface area contributed by atoms with Crippen LogP contribution in [0.5, 0.6) is 0 Å². The van der Waals surface area contributed by atoms with E-state index in [1.165, 1.54) is 55.3 Å². The standard InChI is InChI=1S/C73H48N2/c1-5-23-50(24-6-1)59-32-15-18-35-64(59)69-48-70(75-72(74-69)51-25-7-2-8-26-51)65-43-42-60(62-33-16-17-34-63(62)65)55-45-54(53-41-40-49-22-13-14-27-52(49)44-53)46-56(47-55)61-37-21-39-68-71(61)66-36-19-20-38-67(66)73(68,57-28-9-3-10-29-57)58-30-11-4-12-31-58/h1-48H. The molecular weight excluding hydrogens is 905 g/mol. The minimum absolute atomic E-state index is 0.514. The van der Waals surface area contributed by atoms with Crippen LogP contribution in [0, 0.1) is 0 Å². The molecule has 1 aliphatic carbocycles. The minimum Gasteiger partial charge on any atom is -0.228 e. The Morgan fingerprint density at radius 1 is 0.240 bits per heavy atom. The Kier molecular flexibility index (Phi) is 10.8. The number of aromatic nitrogens is 2. The first-order valence-corrected chi connectivity index (χ1v) is 25.8. The fraction of sp³-hybridized carbons (Fsp3) is 0.0137. The summed E-state index contributed by atoms with van der Waals surface area (Å²) in [5.41, 5.74) is 21.2. The first-order chi connectivity index (χ1) is 37.2. The van der Waals surface area contributed by atoms with Crippen molar-refractivity contribution >= 4 is 21.5 Å². The van der Waals surface area contributed by atoms with E-state index in [4.69, 9.17) is 9.97 Å². The topological polar surface area (TPSA) is 25.8 Å². The van der Waals surface area contributed by atoms with Crippen molar-refractivity contribution in [1.29, 1.82) is 0 Å². The fourth-order valence-electron chi connectivity index (χ4n) is 12.0. The molecular formula is C73H48N2. The van der Waals surface area contributed by atoms with Crippen LogP contribution in [-0.4, -0.2) is 9.97 Å². The highest BCUT2D eigenvalue weighted by molar-refractivity contribution is 6.06. The van der Waals surface area contributed by atoms with Gasteiger partial charge < -0.3 is 0 Å². The zero-order valence-electron chi connectivity index (χ0n) is 41.1. The van der Waals surface area contributed by atoms with Gasteiger partial charge in [-0.15, -0.1) is 0 Å². The summed E-state index contributed by atoms with van der Waals surface area (Å²) >= 11 is 0. The van der Waals surface area contributed by atoms with E-state index in [1.54, 1.807) is 0 Å². The Balaban J connectivity index is 0.991. The number of hydrogen-bond acceptors (Lipinski definition) is 2. The average Bonchev–Trinajstić information content (AvgIpc) is 3.83. The molecule has 350 valence electrons. The molecule has 75 heavy (non-hydrogen) atoms. The van der Waals surface area contributed by atoms with E-state index in [0.29, 0.717) is 5.82 Å². The normalized spacial score (nSPS) is 12.4. The van der Waals surface area contributed by atoms with Gasteiger partial charge in [0.1, 0.15) is 0 Å². The maximum atomic E-state index is 5.38. The Morgan fingerprint density at radius 2 is 0.733 bits per heavy atom. The summed E-state index contributed by atoms with van der Waals surface area (Å²) in [6, 6.07) is 106. The van der Waals surface area contributed by atoms with Gasteiger partial charge in [0.15, 0.2) is 5.82 Å². The largest absolute Gasteiger partial charge is 0.228 e. The second kappa shape index (κ2) is 18.4. The number of nitrogens with zero attached hydrogens (tertiary/aromatic N) is 2. The van der Waals surface area contributed by atoms with Gasteiger partial charge in [-0.3, -0.25) is 0 Å². The maximum absolute atomic E-state index is 5.38. The lowest BCUT2D eigenvalue weighted by Gasteiger charge is -2.34. The third-order valence-corrected chi connectivity index (χ3v) is 15.4. The molecule has 2 nitrogen and oxygen atoms in total. The monoisotopic (exact) mass is 952 g/mol. The molecule has 0 atom stereocenters. The quantitative estimate of drug-likeness (QED) is 0.144. The highest BCUT2D eigenvalue weighted by Crippen LogP contribution is 2.58. The molecule has 13 aromatic rings. The third kappa shape index (κ3) is 7.49. The summed E-state index contributed by atoms with van der Waals surface area (Å²) in [4.78, 5) is 10.7. The molecule has 1 heterocycles. The van der Waals surface area contributed by atoms with E-state index in [1.807, 2.05) is 6.07 Å². The first-order valence-electron chi connectivity index (χ1n) is 25.8. The van der Waals surface area contributed by atoms with Gasteiger partial charge in [-0.2, -0.15) is 0 Å². The predicted molar refractivity (Wildman–Crippen MR) is 312 cm³/mol. The Bertz CT molecular complexity index is 4240. The maximum Gasteiger partial charge on any atom is 0.160 e. The molecule has 2 heteroatoms. The van der Waals surface area contributed by atoms with Crippen LogP contribution in [0.4, 0.5) is 0 Å². The van der Waals surface area contributed by atoms with Crippen molar-refractivity contribution in [2.45, 2.75) is 5.41 Å². The smallest absolute Gasteiger partial charge is 0.160 e. The summed E-state index contributed by atoms with van der Waals surface area (Å²) < 4.78 is 0. The van der Waals surface area contributed by atoms with Crippen molar-refractivity contribution in [3.05, 3.63) is 313 Å². The van der Waals surface area contributed by atoms with E-state index in [9.17, 15) is 0 Å². The van der Waals surface area contributed by atoms with Gasteiger partial charge in [0.25, 0.3) is 0 Å². The van der Waals surface area contributed by atoms with E-state index in [2.05, 4.69) is 285 Å². The second-order valence-electron chi connectivity index (χ2n) is 19.6. The number of fused-ring (bicyclic) bond motifs is 5. The Hall–Kier alpha value is -9.76. The number of rotatable bonds is 9. The second-order valence-corrected chi connectivity index (χ2v) is 19.6. The van der Waals surface area contributed by atoms with Crippen LogP contribution in [0.3, 0.4) is 0 Å². The molecule has 14 rings (SSSR count). The highest BCUT2D eigenvalue weighted by Gasteiger charge is 2.46. The van der Waals surface area contributed by atoms with Crippen molar-refractivity contribution in [3.8, 4) is 89.5 Å². The Morgan fingerprint density at radius 3 is 1.44 bits per heavy atom. The summed E-state index contributed by atoms with van der Waals surface area (Å²) in [5, 5.41) is 4.71. The molecule has 0 bridgehead atoms. The lowest BCUT2D eigenvalue weighted by Crippen LogP contribution is -2.28. The van der Waals surface area contributed by atoms with Gasteiger partial charge in [-0.25, -0.2) is 9.97 Å². The molecule has 0 saturated carbocycles. The van der Waals surface area contributed by atoms with Crippen molar-refractivity contribution in [1.82, 2.24) is 9.97 Å². The molecule has 0 N–H and O–H groups in total. The van der Waals surface area contributed by atoms with Gasteiger partial charge in [0.05, 0.1) is 16.8 Å². The summed E-state index contributed by atoms with van der Waals surface area (Å²) in [6.45, 7) is 0. The van der Waals surface area contributed by atoms with Crippen LogP contribution < -0.4 is 0 Å². The molecule has 1 aromatic heterocycles. The van der Waals surface area contributed by atoms with Crippen molar-refractivity contribution in [2.75, 3.05) is 0 Å². The zero-order valence-corrected chi connectivity index (χ0v) is 41.1.